The summed E-state index contributed by atoms with van der Waals surface area (Å²) in [7, 11) is 0. The number of benzene rings is 1. The molecule has 22 heavy (non-hydrogen) atoms. The van der Waals surface area contributed by atoms with E-state index in [1.807, 2.05) is 0 Å². The van der Waals surface area contributed by atoms with Gasteiger partial charge in [-0.15, -0.1) is 12.4 Å². The Balaban J connectivity index is 0.00000242. The lowest BCUT2D eigenvalue weighted by Crippen LogP contribution is -2.29. The minimum Gasteiger partial charge on any atom is -0.330 e. The molecule has 0 radical (unpaired) electrons. The van der Waals surface area contributed by atoms with Gasteiger partial charge < -0.3 is 16.4 Å². The van der Waals surface area contributed by atoms with Gasteiger partial charge >= 0.3 is 0 Å². The zero-order chi connectivity index (χ0) is 15.4. The Bertz CT molecular complexity index is 554. The van der Waals surface area contributed by atoms with E-state index >= 15 is 0 Å². The predicted molar refractivity (Wildman–Crippen MR) is 86.5 cm³/mol. The van der Waals surface area contributed by atoms with Crippen LogP contribution in [0, 0.1) is 17.7 Å². The molecule has 5 nitrogen and oxygen atoms in total. The number of anilines is 2. The summed E-state index contributed by atoms with van der Waals surface area (Å²) in [4.78, 5) is 23.3. The smallest absolute Gasteiger partial charge is 0.227 e. The molecule has 7 heteroatoms. The Morgan fingerprint density at radius 1 is 1.32 bits per heavy atom. The summed E-state index contributed by atoms with van der Waals surface area (Å²) in [6, 6.07) is 4.11. The van der Waals surface area contributed by atoms with E-state index in [1.54, 1.807) is 0 Å². The Morgan fingerprint density at radius 3 is 2.68 bits per heavy atom. The molecule has 4 N–H and O–H groups in total. The molecule has 2 atom stereocenters. The average molecular weight is 330 g/mol. The van der Waals surface area contributed by atoms with Crippen molar-refractivity contribution in [1.82, 2.24) is 0 Å². The molecule has 2 rings (SSSR count). The van der Waals surface area contributed by atoms with Crippen LogP contribution in [0.15, 0.2) is 18.2 Å². The summed E-state index contributed by atoms with van der Waals surface area (Å²) in [6.07, 6.45) is 2.79. The van der Waals surface area contributed by atoms with E-state index in [-0.39, 0.29) is 41.7 Å². The van der Waals surface area contributed by atoms with Crippen molar-refractivity contribution in [2.24, 2.45) is 17.6 Å². The molecular weight excluding hydrogens is 309 g/mol. The number of hydrogen-bond donors (Lipinski definition) is 3. The molecule has 0 heterocycles. The molecule has 0 unspecified atom stereocenters. The summed E-state index contributed by atoms with van der Waals surface area (Å²) >= 11 is 0. The van der Waals surface area contributed by atoms with Gasteiger partial charge in [0, 0.05) is 18.5 Å². The van der Waals surface area contributed by atoms with Gasteiger partial charge in [0.25, 0.3) is 0 Å². The maximum absolute atomic E-state index is 13.5. The minimum atomic E-state index is -0.538. The lowest BCUT2D eigenvalue weighted by Gasteiger charge is -2.17. The third kappa shape index (κ3) is 4.42. The van der Waals surface area contributed by atoms with Crippen molar-refractivity contribution in [2.45, 2.75) is 26.2 Å². The number of rotatable bonds is 4. The Morgan fingerprint density at radius 2 is 2.05 bits per heavy atom. The lowest BCUT2D eigenvalue weighted by molar-refractivity contribution is -0.120. The highest BCUT2D eigenvalue weighted by Gasteiger charge is 2.31. The summed E-state index contributed by atoms with van der Waals surface area (Å²) in [5, 5.41) is 5.17. The molecule has 1 aliphatic carbocycles. The van der Waals surface area contributed by atoms with Crippen LogP contribution >= 0.6 is 12.4 Å². The molecule has 1 saturated carbocycles. The summed E-state index contributed by atoms with van der Waals surface area (Å²) in [5.41, 5.74) is 6.20. The average Bonchev–Trinajstić information content (AvgIpc) is 2.90. The van der Waals surface area contributed by atoms with Gasteiger partial charge in [0.05, 0.1) is 5.69 Å². The highest BCUT2D eigenvalue weighted by atomic mass is 35.5. The maximum atomic E-state index is 13.5. The number of halogens is 2. The molecule has 1 aromatic carbocycles. The minimum absolute atomic E-state index is 0. The summed E-state index contributed by atoms with van der Waals surface area (Å²) in [5.74, 6) is -0.881. The van der Waals surface area contributed by atoms with Crippen molar-refractivity contribution in [2.75, 3.05) is 17.2 Å². The normalized spacial score (nSPS) is 20.1. The van der Waals surface area contributed by atoms with Crippen LogP contribution in [0.4, 0.5) is 15.8 Å². The Kier molecular flexibility index (Phi) is 6.77. The standard InChI is InChI=1S/C15H20FN3O2.ClH/c1-9(20)18-14-7-11(5-6-13(14)16)19-15(21)12-4-2-3-10(12)8-17;/h5-7,10,12H,2-4,8,17H2,1H3,(H,18,20)(H,19,21);1H/t10-,12-;/m1./s1. The van der Waals surface area contributed by atoms with Crippen molar-refractivity contribution >= 4 is 35.6 Å². The fourth-order valence-electron chi connectivity index (χ4n) is 2.79. The second-order valence-electron chi connectivity index (χ2n) is 5.40. The fourth-order valence-corrected chi connectivity index (χ4v) is 2.79. The van der Waals surface area contributed by atoms with Crippen LogP contribution < -0.4 is 16.4 Å². The SMILES string of the molecule is CC(=O)Nc1cc(NC(=O)[C@@H]2CCC[C@@H]2CN)ccc1F.Cl. The van der Waals surface area contributed by atoms with Crippen molar-refractivity contribution in [3.05, 3.63) is 24.0 Å². The largest absolute Gasteiger partial charge is 0.330 e. The van der Waals surface area contributed by atoms with Crippen molar-refractivity contribution in [1.29, 1.82) is 0 Å². The first kappa shape index (κ1) is 18.4. The first-order valence-electron chi connectivity index (χ1n) is 7.09. The second-order valence-corrected chi connectivity index (χ2v) is 5.40. The Labute approximate surface area is 135 Å². The molecule has 1 aromatic rings. The van der Waals surface area contributed by atoms with Gasteiger partial charge in [0.15, 0.2) is 0 Å². The molecule has 0 aromatic heterocycles. The zero-order valence-electron chi connectivity index (χ0n) is 12.4. The molecule has 0 aliphatic heterocycles. The molecule has 0 spiro atoms. The van der Waals surface area contributed by atoms with Crippen molar-refractivity contribution < 1.29 is 14.0 Å². The highest BCUT2D eigenvalue weighted by Crippen LogP contribution is 2.32. The highest BCUT2D eigenvalue weighted by molar-refractivity contribution is 5.94. The molecule has 2 amide bonds. The quantitative estimate of drug-likeness (QED) is 0.793. The van der Waals surface area contributed by atoms with Gasteiger partial charge in [-0.05, 0) is 43.5 Å². The van der Waals surface area contributed by atoms with E-state index in [9.17, 15) is 14.0 Å². The van der Waals surface area contributed by atoms with E-state index < -0.39 is 5.82 Å². The van der Waals surface area contributed by atoms with Gasteiger partial charge in [0.2, 0.25) is 11.8 Å². The number of nitrogens with one attached hydrogen (secondary N) is 2. The van der Waals surface area contributed by atoms with Crippen LogP contribution in [0.3, 0.4) is 0 Å². The van der Waals surface area contributed by atoms with Crippen LogP contribution in [-0.2, 0) is 9.59 Å². The van der Waals surface area contributed by atoms with Gasteiger partial charge in [-0.1, -0.05) is 6.42 Å². The van der Waals surface area contributed by atoms with E-state index in [0.29, 0.717) is 12.2 Å². The zero-order valence-corrected chi connectivity index (χ0v) is 13.2. The Hall–Kier alpha value is -1.66. The second kappa shape index (κ2) is 8.10. The van der Waals surface area contributed by atoms with Crippen LogP contribution in [0.5, 0.6) is 0 Å². The van der Waals surface area contributed by atoms with E-state index in [0.717, 1.165) is 19.3 Å². The van der Waals surface area contributed by atoms with Gasteiger partial charge in [0.1, 0.15) is 5.82 Å². The molecule has 0 saturated heterocycles. The molecule has 122 valence electrons. The van der Waals surface area contributed by atoms with E-state index in [1.165, 1.54) is 25.1 Å². The lowest BCUT2D eigenvalue weighted by atomic mass is 9.95. The summed E-state index contributed by atoms with van der Waals surface area (Å²) in [6.45, 7) is 1.80. The van der Waals surface area contributed by atoms with Crippen LogP contribution in [-0.4, -0.2) is 18.4 Å². The third-order valence-electron chi connectivity index (χ3n) is 3.84. The van der Waals surface area contributed by atoms with Crippen molar-refractivity contribution in [3.63, 3.8) is 0 Å². The van der Waals surface area contributed by atoms with Crippen molar-refractivity contribution in [3.8, 4) is 0 Å². The fraction of sp³-hybridized carbons (Fsp3) is 0.467. The number of nitrogens with two attached hydrogens (primary N) is 1. The molecular formula is C15H21ClFN3O2. The first-order valence-corrected chi connectivity index (χ1v) is 7.09. The molecule has 1 aliphatic rings. The van der Waals surface area contributed by atoms with Gasteiger partial charge in [-0.3, -0.25) is 9.59 Å². The van der Waals surface area contributed by atoms with E-state index in [2.05, 4.69) is 10.6 Å². The van der Waals surface area contributed by atoms with Crippen LogP contribution in [0.2, 0.25) is 0 Å². The number of carbonyl (C=O) groups excluding carboxylic acids is 2. The van der Waals surface area contributed by atoms with E-state index in [4.69, 9.17) is 5.73 Å². The van der Waals surface area contributed by atoms with Crippen LogP contribution in [0.25, 0.3) is 0 Å². The van der Waals surface area contributed by atoms with Crippen LogP contribution in [0.1, 0.15) is 26.2 Å². The topological polar surface area (TPSA) is 84.2 Å². The number of carbonyl (C=O) groups is 2. The van der Waals surface area contributed by atoms with Gasteiger partial charge in [-0.2, -0.15) is 0 Å². The predicted octanol–water partition coefficient (Wildman–Crippen LogP) is 2.52. The summed E-state index contributed by atoms with van der Waals surface area (Å²) < 4.78 is 13.5. The first-order chi connectivity index (χ1) is 10.0. The number of hydrogen-bond acceptors (Lipinski definition) is 3. The monoisotopic (exact) mass is 329 g/mol. The molecule has 1 fully saturated rings. The maximum Gasteiger partial charge on any atom is 0.227 e. The van der Waals surface area contributed by atoms with Gasteiger partial charge in [-0.25, -0.2) is 4.39 Å². The third-order valence-corrected chi connectivity index (χ3v) is 3.84. The molecule has 0 bridgehead atoms. The number of amides is 2.